The van der Waals surface area contributed by atoms with Gasteiger partial charge in [-0.2, -0.15) is 6.42 Å². The minimum Gasteiger partial charge on any atom is -0.496 e. The predicted octanol–water partition coefficient (Wildman–Crippen LogP) is 4.30. The largest absolute Gasteiger partial charge is 0.496 e. The molecule has 16 heavy (non-hydrogen) atoms. The number of hydrogen-bond acceptors (Lipinski definition) is 1. The number of rotatable bonds is 5. The Bertz CT molecular complexity index is 209. The molecule has 2 heteroatoms. The summed E-state index contributed by atoms with van der Waals surface area (Å²) in [6.45, 7) is 10.2. The van der Waals surface area contributed by atoms with Crippen molar-refractivity contribution in [3.05, 3.63) is 44.2 Å². The van der Waals surface area contributed by atoms with E-state index in [1.54, 1.807) is 0 Å². The van der Waals surface area contributed by atoms with E-state index < -0.39 is 0 Å². The van der Waals surface area contributed by atoms with Crippen molar-refractivity contribution >= 4 is 0 Å². The molecule has 1 rings (SSSR count). The zero-order chi connectivity index (χ0) is 11.4. The summed E-state index contributed by atoms with van der Waals surface area (Å²) in [6.07, 6.45) is 4.47. The van der Waals surface area contributed by atoms with Gasteiger partial charge in [-0.25, -0.2) is 0 Å². The summed E-state index contributed by atoms with van der Waals surface area (Å²) in [6, 6.07) is 9.76. The summed E-state index contributed by atoms with van der Waals surface area (Å²) in [7, 11) is 0. The van der Waals surface area contributed by atoms with Crippen LogP contribution in [-0.4, -0.2) is 6.61 Å². The monoisotopic (exact) mass is 295 g/mol. The fourth-order valence-electron chi connectivity index (χ4n) is 0.957. The maximum atomic E-state index is 5.29. The Morgan fingerprint density at radius 1 is 1.06 bits per heavy atom. The first kappa shape index (κ1) is 18.5. The molecule has 0 amide bonds. The molecule has 0 aliphatic carbocycles. The molecule has 0 bridgehead atoms. The Kier molecular flexibility index (Phi) is 17.5. The zero-order valence-corrected chi connectivity index (χ0v) is 13.2. The quantitative estimate of drug-likeness (QED) is 0.736. The second-order valence-electron chi connectivity index (χ2n) is 3.22. The van der Waals surface area contributed by atoms with Crippen LogP contribution in [0.1, 0.15) is 32.6 Å². The van der Waals surface area contributed by atoms with Gasteiger partial charge in [-0.3, -0.25) is 0 Å². The molecule has 1 aromatic carbocycles. The predicted molar refractivity (Wildman–Crippen MR) is 66.8 cm³/mol. The molecule has 0 aliphatic heterocycles. The summed E-state index contributed by atoms with van der Waals surface area (Å²) in [5.74, 6) is 0.922. The molecule has 1 nitrogen and oxygen atoms in total. The van der Waals surface area contributed by atoms with Crippen molar-refractivity contribution in [2.45, 2.75) is 32.6 Å². The van der Waals surface area contributed by atoms with Gasteiger partial charge in [0, 0.05) is 32.7 Å². The van der Waals surface area contributed by atoms with E-state index >= 15 is 0 Å². The zero-order valence-electron chi connectivity index (χ0n) is 10.3. The van der Waals surface area contributed by atoms with Crippen molar-refractivity contribution in [2.24, 2.45) is 0 Å². The van der Waals surface area contributed by atoms with Gasteiger partial charge in [-0.1, -0.05) is 38.0 Å². The van der Waals surface area contributed by atoms with E-state index in [9.17, 15) is 0 Å². The van der Waals surface area contributed by atoms with Gasteiger partial charge in [0.05, 0.1) is 6.61 Å². The smallest absolute Gasteiger partial charge is 0.119 e. The molecule has 0 atom stereocenters. The van der Waals surface area contributed by atoms with Crippen molar-refractivity contribution < 1.29 is 37.4 Å². The van der Waals surface area contributed by atoms with Crippen LogP contribution in [0.2, 0.25) is 0 Å². The van der Waals surface area contributed by atoms with Gasteiger partial charge in [0.1, 0.15) is 5.75 Å². The van der Waals surface area contributed by atoms with E-state index in [-0.39, 0.29) is 32.7 Å². The van der Waals surface area contributed by atoms with Gasteiger partial charge in [0.15, 0.2) is 0 Å². The van der Waals surface area contributed by atoms with Gasteiger partial charge in [-0.05, 0) is 12.1 Å². The fourth-order valence-corrected chi connectivity index (χ4v) is 0.957. The molecule has 0 fully saturated rings. The standard InChI is InChI=1S/C9H11O.C5H11.Y/c1-2-8-10-9-6-4-3-5-7-9;1-3-5-4-2;/h3-7H,1-2,8H2;1,3-5H2,2H3;/q2*-1;. The molecule has 1 aromatic rings. The normalized spacial score (nSPS) is 8.44. The molecule has 0 unspecified atom stereocenters. The topological polar surface area (TPSA) is 9.23 Å². The van der Waals surface area contributed by atoms with Crippen LogP contribution in [0.25, 0.3) is 0 Å². The minimum atomic E-state index is 0. The third-order valence-electron chi connectivity index (χ3n) is 1.76. The van der Waals surface area contributed by atoms with Gasteiger partial charge < -0.3 is 18.6 Å². The fraction of sp³-hybridized carbons (Fsp3) is 0.429. The maximum Gasteiger partial charge on any atom is 0.119 e. The first-order valence-corrected chi connectivity index (χ1v) is 5.61. The van der Waals surface area contributed by atoms with E-state index in [0.29, 0.717) is 6.61 Å². The van der Waals surface area contributed by atoms with E-state index in [0.717, 1.165) is 18.6 Å². The van der Waals surface area contributed by atoms with Gasteiger partial charge in [-0.15, -0.1) is 6.42 Å². The van der Waals surface area contributed by atoms with Crippen LogP contribution in [0, 0.1) is 13.8 Å². The Morgan fingerprint density at radius 2 is 1.69 bits per heavy atom. The summed E-state index contributed by atoms with van der Waals surface area (Å²) in [5, 5.41) is 0. The van der Waals surface area contributed by atoms with Gasteiger partial charge in [0.25, 0.3) is 0 Å². The van der Waals surface area contributed by atoms with E-state index in [1.807, 2.05) is 30.3 Å². The summed E-state index contributed by atoms with van der Waals surface area (Å²) < 4.78 is 5.29. The van der Waals surface area contributed by atoms with Crippen LogP contribution in [0.3, 0.4) is 0 Å². The second-order valence-corrected chi connectivity index (χ2v) is 3.22. The number of hydrogen-bond donors (Lipinski definition) is 0. The number of unbranched alkanes of at least 4 members (excludes halogenated alkanes) is 2. The van der Waals surface area contributed by atoms with E-state index in [4.69, 9.17) is 4.74 Å². The van der Waals surface area contributed by atoms with Crippen LogP contribution in [0.4, 0.5) is 0 Å². The summed E-state index contributed by atoms with van der Waals surface area (Å²) >= 11 is 0. The number of para-hydroxylation sites is 1. The third-order valence-corrected chi connectivity index (χ3v) is 1.76. The Morgan fingerprint density at radius 3 is 2.06 bits per heavy atom. The van der Waals surface area contributed by atoms with Crippen LogP contribution >= 0.6 is 0 Å². The van der Waals surface area contributed by atoms with E-state index in [1.165, 1.54) is 12.8 Å². The van der Waals surface area contributed by atoms with Crippen LogP contribution in [0.5, 0.6) is 5.75 Å². The molecule has 1 radical (unpaired) electrons. The van der Waals surface area contributed by atoms with Crippen molar-refractivity contribution in [2.75, 3.05) is 6.61 Å². The summed E-state index contributed by atoms with van der Waals surface area (Å²) in [5.41, 5.74) is 0. The molecule has 0 saturated heterocycles. The van der Waals surface area contributed by atoms with Crippen molar-refractivity contribution in [1.82, 2.24) is 0 Å². The van der Waals surface area contributed by atoms with Gasteiger partial charge >= 0.3 is 0 Å². The molecule has 89 valence electrons. The second kappa shape index (κ2) is 15.1. The Balaban J connectivity index is 0. The first-order chi connectivity index (χ1) is 7.35. The molecule has 0 N–H and O–H groups in total. The molecule has 0 saturated carbocycles. The Labute approximate surface area is 126 Å². The molecular weight excluding hydrogens is 273 g/mol. The third kappa shape index (κ3) is 12.2. The SMILES string of the molecule is [CH2-]CCCC.[CH2-]CCOc1ccccc1.[Y]. The van der Waals surface area contributed by atoms with E-state index in [2.05, 4.69) is 20.8 Å². The van der Waals surface area contributed by atoms with Crippen LogP contribution in [0.15, 0.2) is 30.3 Å². The molecule has 0 aromatic heterocycles. The van der Waals surface area contributed by atoms with Crippen LogP contribution < -0.4 is 4.74 Å². The summed E-state index contributed by atoms with van der Waals surface area (Å²) in [4.78, 5) is 0. The van der Waals surface area contributed by atoms with Crippen molar-refractivity contribution in [3.8, 4) is 5.75 Å². The van der Waals surface area contributed by atoms with Gasteiger partial charge in [0.2, 0.25) is 0 Å². The molecule has 0 aliphatic rings. The Hall–Kier alpha value is 0.124. The van der Waals surface area contributed by atoms with Crippen LogP contribution in [-0.2, 0) is 32.7 Å². The van der Waals surface area contributed by atoms with Crippen molar-refractivity contribution in [3.63, 3.8) is 0 Å². The average Bonchev–Trinajstić information content (AvgIpc) is 2.30. The maximum absolute atomic E-state index is 5.29. The average molecular weight is 295 g/mol. The number of benzene rings is 1. The number of ether oxygens (including phenoxy) is 1. The molecule has 0 spiro atoms. The molecule has 0 heterocycles. The minimum absolute atomic E-state index is 0. The molecular formula is C14H22OY-2. The first-order valence-electron chi connectivity index (χ1n) is 5.61. The van der Waals surface area contributed by atoms with Crippen molar-refractivity contribution in [1.29, 1.82) is 0 Å².